The number of nitrogens with one attached hydrogen (secondary N) is 1. The van der Waals surface area contributed by atoms with Crippen LogP contribution in [0.1, 0.15) is 52.0 Å². The van der Waals surface area contributed by atoms with Gasteiger partial charge in [-0.25, -0.2) is 0 Å². The molecule has 3 aromatic rings. The van der Waals surface area contributed by atoms with Gasteiger partial charge in [0.1, 0.15) is 0 Å². The Morgan fingerprint density at radius 1 is 0.917 bits per heavy atom. The van der Waals surface area contributed by atoms with E-state index in [-0.39, 0.29) is 30.7 Å². The molecule has 0 aromatic heterocycles. The summed E-state index contributed by atoms with van der Waals surface area (Å²) in [6.07, 6.45) is 3.45. The molecule has 0 bridgehead atoms. The molecule has 0 radical (unpaired) electrons. The number of nitrogens with zero attached hydrogens (tertiary/aromatic N) is 1. The number of hydrogen-bond acceptors (Lipinski definition) is 5. The third-order valence-corrected chi connectivity index (χ3v) is 7.11. The van der Waals surface area contributed by atoms with Gasteiger partial charge in [-0.2, -0.15) is 0 Å². The summed E-state index contributed by atoms with van der Waals surface area (Å²) in [6, 6.07) is 19.9. The van der Waals surface area contributed by atoms with Crippen molar-refractivity contribution in [2.45, 2.75) is 44.3 Å². The van der Waals surface area contributed by atoms with E-state index in [1.807, 2.05) is 41.3 Å². The van der Waals surface area contributed by atoms with Gasteiger partial charge in [-0.3, -0.25) is 9.59 Å². The second kappa shape index (κ2) is 10.6. The summed E-state index contributed by atoms with van der Waals surface area (Å²) in [5, 5.41) is 3.46. The standard InChI is InChI=1S/C28H28ClN3O4/c29-24-12-9-22(31-27(33)19-6-13-25-26(15-19)36-17-35-25)14-20(24)16-32(23-10-7-21(30)8-11-23)28(34)18-4-2-1-3-5-18/h1-6,9,12-15,21,23H,7-8,10-11,16-17,30H2,(H,31,33). The van der Waals surface area contributed by atoms with E-state index in [9.17, 15) is 9.59 Å². The van der Waals surface area contributed by atoms with Crippen LogP contribution >= 0.6 is 11.6 Å². The van der Waals surface area contributed by atoms with Gasteiger partial charge in [0.15, 0.2) is 11.5 Å². The van der Waals surface area contributed by atoms with Crippen molar-refractivity contribution in [2.75, 3.05) is 12.1 Å². The van der Waals surface area contributed by atoms with E-state index in [1.54, 1.807) is 30.3 Å². The Hall–Kier alpha value is -3.55. The van der Waals surface area contributed by atoms with Gasteiger partial charge in [0.05, 0.1) is 0 Å². The fourth-order valence-corrected chi connectivity index (χ4v) is 4.90. The number of benzene rings is 3. The zero-order valence-electron chi connectivity index (χ0n) is 19.8. The number of fused-ring (bicyclic) bond motifs is 1. The van der Waals surface area contributed by atoms with E-state index in [1.165, 1.54) is 0 Å². The molecule has 0 spiro atoms. The van der Waals surface area contributed by atoms with E-state index in [2.05, 4.69) is 5.32 Å². The summed E-state index contributed by atoms with van der Waals surface area (Å²) in [5.41, 5.74) is 8.57. The molecule has 0 atom stereocenters. The molecule has 5 rings (SSSR count). The van der Waals surface area contributed by atoms with Gasteiger partial charge in [-0.05, 0) is 79.8 Å². The number of carbonyl (C=O) groups is 2. The highest BCUT2D eigenvalue weighted by Crippen LogP contribution is 2.33. The van der Waals surface area contributed by atoms with Crippen molar-refractivity contribution in [1.82, 2.24) is 4.90 Å². The first-order valence-corrected chi connectivity index (χ1v) is 12.5. The molecule has 36 heavy (non-hydrogen) atoms. The normalized spacial score (nSPS) is 18.5. The lowest BCUT2D eigenvalue weighted by Crippen LogP contribution is -2.43. The molecule has 1 aliphatic heterocycles. The van der Waals surface area contributed by atoms with E-state index in [0.29, 0.717) is 39.9 Å². The Bertz CT molecular complexity index is 1260. The van der Waals surface area contributed by atoms with Gasteiger partial charge in [0.2, 0.25) is 6.79 Å². The maximum absolute atomic E-state index is 13.5. The van der Waals surface area contributed by atoms with E-state index < -0.39 is 0 Å². The molecule has 1 fully saturated rings. The van der Waals surface area contributed by atoms with Crippen molar-refractivity contribution in [3.8, 4) is 11.5 Å². The molecule has 8 heteroatoms. The molecular weight excluding hydrogens is 478 g/mol. The highest BCUT2D eigenvalue weighted by molar-refractivity contribution is 6.31. The molecular formula is C28H28ClN3O4. The van der Waals surface area contributed by atoms with Gasteiger partial charge in [0, 0.05) is 40.5 Å². The molecule has 1 saturated carbocycles. The fourth-order valence-electron chi connectivity index (χ4n) is 4.72. The summed E-state index contributed by atoms with van der Waals surface area (Å²) in [5.74, 6) is 0.843. The number of halogens is 1. The number of carbonyl (C=O) groups excluding carboxylic acids is 2. The third-order valence-electron chi connectivity index (χ3n) is 6.74. The maximum Gasteiger partial charge on any atom is 0.255 e. The highest BCUT2D eigenvalue weighted by Gasteiger charge is 2.29. The molecule has 0 saturated heterocycles. The van der Waals surface area contributed by atoms with E-state index >= 15 is 0 Å². The van der Waals surface area contributed by atoms with Crippen molar-refractivity contribution in [3.05, 3.63) is 88.4 Å². The number of rotatable bonds is 6. The summed E-state index contributed by atoms with van der Waals surface area (Å²) >= 11 is 6.57. The van der Waals surface area contributed by atoms with Gasteiger partial charge < -0.3 is 25.4 Å². The Balaban J connectivity index is 1.37. The van der Waals surface area contributed by atoms with Gasteiger partial charge in [-0.15, -0.1) is 0 Å². The number of hydrogen-bond donors (Lipinski definition) is 2. The van der Waals surface area contributed by atoms with Gasteiger partial charge >= 0.3 is 0 Å². The average molecular weight is 506 g/mol. The predicted octanol–water partition coefficient (Wildman–Crippen LogP) is 5.23. The largest absolute Gasteiger partial charge is 0.454 e. The Kier molecular flexibility index (Phi) is 7.11. The first-order chi connectivity index (χ1) is 17.5. The average Bonchev–Trinajstić information content (AvgIpc) is 3.38. The summed E-state index contributed by atoms with van der Waals surface area (Å²) in [7, 11) is 0. The maximum atomic E-state index is 13.5. The van der Waals surface area contributed by atoms with Crippen LogP contribution in [0.4, 0.5) is 5.69 Å². The first kappa shape index (κ1) is 24.2. The zero-order chi connectivity index (χ0) is 25.1. The first-order valence-electron chi connectivity index (χ1n) is 12.1. The lowest BCUT2D eigenvalue weighted by atomic mass is 9.90. The van der Waals surface area contributed by atoms with Gasteiger partial charge in [0.25, 0.3) is 11.8 Å². The minimum Gasteiger partial charge on any atom is -0.454 e. The predicted molar refractivity (Wildman–Crippen MR) is 139 cm³/mol. The Morgan fingerprint density at radius 3 is 2.44 bits per heavy atom. The van der Waals surface area contributed by atoms with Crippen molar-refractivity contribution < 1.29 is 19.1 Å². The molecule has 2 aliphatic rings. The molecule has 0 unspecified atom stereocenters. The second-order valence-electron chi connectivity index (χ2n) is 9.20. The van der Waals surface area contributed by atoms with Crippen molar-refractivity contribution >= 4 is 29.1 Å². The topological polar surface area (TPSA) is 93.9 Å². The monoisotopic (exact) mass is 505 g/mol. The lowest BCUT2D eigenvalue weighted by molar-refractivity contribution is 0.0606. The van der Waals surface area contributed by atoms with Crippen LogP contribution in [0, 0.1) is 0 Å². The SMILES string of the molecule is NC1CCC(N(Cc2cc(NC(=O)c3ccc4c(c3)OCO4)ccc2Cl)C(=O)c2ccccc2)CC1. The smallest absolute Gasteiger partial charge is 0.255 e. The van der Waals surface area contributed by atoms with Crippen LogP contribution in [0.2, 0.25) is 5.02 Å². The van der Waals surface area contributed by atoms with Crippen LogP contribution in [0.15, 0.2) is 66.7 Å². The Morgan fingerprint density at radius 2 is 1.67 bits per heavy atom. The minimum absolute atomic E-state index is 0.0399. The third kappa shape index (κ3) is 5.32. The number of amides is 2. The molecule has 7 nitrogen and oxygen atoms in total. The van der Waals surface area contributed by atoms with Crippen LogP contribution in [0.25, 0.3) is 0 Å². The molecule has 2 amide bonds. The number of anilines is 1. The fraction of sp³-hybridized carbons (Fsp3) is 0.286. The van der Waals surface area contributed by atoms with E-state index in [0.717, 1.165) is 31.2 Å². The van der Waals surface area contributed by atoms with Crippen LogP contribution in [-0.2, 0) is 6.54 Å². The van der Waals surface area contributed by atoms with Crippen molar-refractivity contribution in [3.63, 3.8) is 0 Å². The minimum atomic E-state index is -0.278. The van der Waals surface area contributed by atoms with Crippen LogP contribution in [0.5, 0.6) is 11.5 Å². The van der Waals surface area contributed by atoms with Crippen molar-refractivity contribution in [1.29, 1.82) is 0 Å². The van der Waals surface area contributed by atoms with Crippen LogP contribution < -0.4 is 20.5 Å². The Labute approximate surface area is 215 Å². The zero-order valence-corrected chi connectivity index (χ0v) is 20.5. The number of ether oxygens (including phenoxy) is 2. The highest BCUT2D eigenvalue weighted by atomic mass is 35.5. The molecule has 1 heterocycles. The summed E-state index contributed by atoms with van der Waals surface area (Å²) in [6.45, 7) is 0.478. The quantitative estimate of drug-likeness (QED) is 0.478. The van der Waals surface area contributed by atoms with E-state index in [4.69, 9.17) is 26.8 Å². The molecule has 1 aliphatic carbocycles. The summed E-state index contributed by atoms with van der Waals surface area (Å²) in [4.78, 5) is 28.3. The molecule has 3 N–H and O–H groups in total. The van der Waals surface area contributed by atoms with Gasteiger partial charge in [-0.1, -0.05) is 29.8 Å². The lowest BCUT2D eigenvalue weighted by Gasteiger charge is -2.36. The molecule has 186 valence electrons. The van der Waals surface area contributed by atoms with Crippen molar-refractivity contribution in [2.24, 2.45) is 5.73 Å². The summed E-state index contributed by atoms with van der Waals surface area (Å²) < 4.78 is 10.7. The number of nitrogens with two attached hydrogens (primary N) is 1. The van der Waals surface area contributed by atoms with Crippen LogP contribution in [-0.4, -0.2) is 35.6 Å². The second-order valence-corrected chi connectivity index (χ2v) is 9.60. The molecule has 3 aromatic carbocycles. The van der Waals surface area contributed by atoms with Crippen LogP contribution in [0.3, 0.4) is 0 Å².